The Morgan fingerprint density at radius 2 is 1.96 bits per heavy atom. The molecule has 2 unspecified atom stereocenters. The van der Waals surface area contributed by atoms with Gasteiger partial charge in [-0.2, -0.15) is 10.4 Å². The lowest BCUT2D eigenvalue weighted by molar-refractivity contribution is -0.0366. The minimum absolute atomic E-state index is 0.0586. The summed E-state index contributed by atoms with van der Waals surface area (Å²) in [5.74, 6) is 0.739. The molecule has 1 amide bonds. The molecule has 3 aliphatic rings. The van der Waals surface area contributed by atoms with E-state index in [1.807, 2.05) is 41.2 Å². The van der Waals surface area contributed by atoms with Gasteiger partial charge in [0.2, 0.25) is 5.16 Å². The molecule has 49 heavy (non-hydrogen) atoms. The number of hydrogen-bond donors (Lipinski definition) is 0. The van der Waals surface area contributed by atoms with Crippen molar-refractivity contribution in [1.29, 1.82) is 5.26 Å². The minimum Gasteiger partial charge on any atom is -0.445 e. The van der Waals surface area contributed by atoms with E-state index in [4.69, 9.17) is 24.5 Å². The first-order chi connectivity index (χ1) is 23.8. The Balaban J connectivity index is 1.16. The Morgan fingerprint density at radius 1 is 1.12 bits per heavy atom. The van der Waals surface area contributed by atoms with Crippen LogP contribution in [0, 0.1) is 25.2 Å². The Hall–Kier alpha value is -4.54. The Labute approximate surface area is 289 Å². The third-order valence-electron chi connectivity index (χ3n) is 9.96. The summed E-state index contributed by atoms with van der Waals surface area (Å²) >= 11 is 0. The van der Waals surface area contributed by atoms with Gasteiger partial charge in [-0.15, -0.1) is 0 Å². The van der Waals surface area contributed by atoms with Gasteiger partial charge >= 0.3 is 6.09 Å². The highest BCUT2D eigenvalue weighted by atomic mass is 32.2. The molecule has 3 atom stereocenters. The van der Waals surface area contributed by atoms with E-state index in [1.54, 1.807) is 11.2 Å². The topological polar surface area (TPSA) is 130 Å². The summed E-state index contributed by atoms with van der Waals surface area (Å²) in [6, 6.07) is 13.6. The number of aryl methyl sites for hydroxylation is 1. The summed E-state index contributed by atoms with van der Waals surface area (Å²) < 4.78 is 26.6. The molecule has 2 aromatic carbocycles. The third kappa shape index (κ3) is 6.59. The molecule has 256 valence electrons. The van der Waals surface area contributed by atoms with Crippen LogP contribution >= 0.6 is 0 Å². The molecule has 13 heteroatoms. The maximum absolute atomic E-state index is 13.2. The number of aromatic nitrogens is 4. The van der Waals surface area contributed by atoms with Gasteiger partial charge in [0.1, 0.15) is 12.4 Å². The first kappa shape index (κ1) is 33.0. The molecule has 0 radical (unpaired) electrons. The second-order valence-electron chi connectivity index (χ2n) is 13.1. The van der Waals surface area contributed by atoms with Crippen molar-refractivity contribution in [3.8, 4) is 6.07 Å². The number of nitriles is 1. The standard InChI is InChI=1S/C36H42N8O4S/c1-24-19-31-29(20-38-44(31)32-11-7-8-18-47-32)33(25(24)2)41-15-13-28-30(22-41)39-35(49(3)46)40-34(28)42-16-17-43(27(21-42)12-14-37)36(45)48-23-26-9-5-4-6-10-26/h4-6,9-10,19-20,27,32H,7-8,11-13,15-18,21-23H2,1-3H3/t27-,32?,49?/m0/s1. The van der Waals surface area contributed by atoms with E-state index < -0.39 is 16.9 Å². The molecule has 7 rings (SSSR count). The molecule has 3 aliphatic heterocycles. The van der Waals surface area contributed by atoms with E-state index in [2.05, 4.69) is 35.8 Å². The zero-order valence-electron chi connectivity index (χ0n) is 28.3. The molecule has 2 fully saturated rings. The lowest BCUT2D eigenvalue weighted by atomic mass is 9.99. The maximum atomic E-state index is 13.2. The SMILES string of the molecule is Cc1cc2c(cnn2C2CCCCO2)c(N2CCc3c(nc(S(C)=O)nc3N3CCN(C(=O)OCc4ccccc4)[C@@H](CC#N)C3)C2)c1C. The number of nitrogens with zero attached hydrogens (tertiary/aromatic N) is 8. The lowest BCUT2D eigenvalue weighted by Gasteiger charge is -2.42. The maximum Gasteiger partial charge on any atom is 0.410 e. The largest absolute Gasteiger partial charge is 0.445 e. The first-order valence-corrected chi connectivity index (χ1v) is 18.5. The average molecular weight is 683 g/mol. The molecule has 0 saturated carbocycles. The van der Waals surface area contributed by atoms with Crippen molar-refractivity contribution in [2.75, 3.05) is 48.8 Å². The number of benzene rings is 2. The van der Waals surface area contributed by atoms with Gasteiger partial charge in [0.05, 0.1) is 59.0 Å². The van der Waals surface area contributed by atoms with Gasteiger partial charge in [-0.25, -0.2) is 19.4 Å². The van der Waals surface area contributed by atoms with E-state index in [0.717, 1.165) is 71.6 Å². The van der Waals surface area contributed by atoms with Crippen molar-refractivity contribution in [2.45, 2.75) is 76.5 Å². The highest BCUT2D eigenvalue weighted by Gasteiger charge is 2.35. The van der Waals surface area contributed by atoms with E-state index in [0.29, 0.717) is 32.6 Å². The molecule has 0 bridgehead atoms. The molecule has 0 N–H and O–H groups in total. The number of anilines is 2. The number of rotatable bonds is 7. The van der Waals surface area contributed by atoms with E-state index in [9.17, 15) is 14.3 Å². The summed E-state index contributed by atoms with van der Waals surface area (Å²) in [5, 5.41) is 15.9. The zero-order chi connectivity index (χ0) is 34.1. The van der Waals surface area contributed by atoms with Crippen LogP contribution in [0.4, 0.5) is 16.3 Å². The molecular formula is C36H42N8O4S. The van der Waals surface area contributed by atoms with Crippen LogP contribution in [-0.2, 0) is 39.8 Å². The number of amides is 1. The van der Waals surface area contributed by atoms with Gasteiger partial charge in [0.25, 0.3) is 0 Å². The third-order valence-corrected chi connectivity index (χ3v) is 10.7. The second-order valence-corrected chi connectivity index (χ2v) is 14.4. The number of piperazine rings is 1. The van der Waals surface area contributed by atoms with Gasteiger partial charge in [-0.05, 0) is 62.3 Å². The molecule has 0 aliphatic carbocycles. The zero-order valence-corrected chi connectivity index (χ0v) is 29.1. The fourth-order valence-electron chi connectivity index (χ4n) is 7.29. The predicted molar refractivity (Wildman–Crippen MR) is 187 cm³/mol. The van der Waals surface area contributed by atoms with Crippen LogP contribution in [0.5, 0.6) is 0 Å². The summed E-state index contributed by atoms with van der Waals surface area (Å²) in [5.41, 5.74) is 7.37. The highest BCUT2D eigenvalue weighted by Crippen LogP contribution is 2.39. The summed E-state index contributed by atoms with van der Waals surface area (Å²) in [7, 11) is -1.41. The molecular weight excluding hydrogens is 641 g/mol. The predicted octanol–water partition coefficient (Wildman–Crippen LogP) is 5.18. The fraction of sp³-hybridized carbons (Fsp3) is 0.472. The number of ether oxygens (including phenoxy) is 2. The summed E-state index contributed by atoms with van der Waals surface area (Å²) in [6.07, 6.45) is 7.07. The molecule has 0 spiro atoms. The van der Waals surface area contributed by atoms with E-state index >= 15 is 0 Å². The average Bonchev–Trinajstić information content (AvgIpc) is 3.54. The fourth-order valence-corrected chi connectivity index (χ4v) is 7.75. The van der Waals surface area contributed by atoms with Crippen LogP contribution in [0.3, 0.4) is 0 Å². The van der Waals surface area contributed by atoms with Crippen molar-refractivity contribution in [2.24, 2.45) is 0 Å². The van der Waals surface area contributed by atoms with Crippen LogP contribution in [0.1, 0.15) is 59.9 Å². The smallest absolute Gasteiger partial charge is 0.410 e. The Kier molecular flexibility index (Phi) is 9.51. The van der Waals surface area contributed by atoms with Crippen LogP contribution in [0.2, 0.25) is 0 Å². The lowest BCUT2D eigenvalue weighted by Crippen LogP contribution is -2.56. The van der Waals surface area contributed by atoms with Crippen LogP contribution in [-0.4, -0.2) is 80.0 Å². The Bertz CT molecular complexity index is 1920. The number of fused-ring (bicyclic) bond motifs is 2. The molecule has 5 heterocycles. The van der Waals surface area contributed by atoms with Crippen LogP contribution < -0.4 is 9.80 Å². The minimum atomic E-state index is -1.41. The van der Waals surface area contributed by atoms with Gasteiger partial charge in [-0.1, -0.05) is 30.3 Å². The second kappa shape index (κ2) is 14.1. The number of carbonyl (C=O) groups is 1. The quantitative estimate of drug-likeness (QED) is 0.240. The monoisotopic (exact) mass is 682 g/mol. The highest BCUT2D eigenvalue weighted by molar-refractivity contribution is 7.84. The molecule has 4 aromatic rings. The van der Waals surface area contributed by atoms with Crippen LogP contribution in [0.15, 0.2) is 47.8 Å². The first-order valence-electron chi connectivity index (χ1n) is 17.0. The van der Waals surface area contributed by atoms with Gasteiger partial charge in [0, 0.05) is 50.0 Å². The van der Waals surface area contributed by atoms with Gasteiger partial charge in [-0.3, -0.25) is 4.21 Å². The van der Waals surface area contributed by atoms with Crippen molar-refractivity contribution >= 4 is 39.3 Å². The van der Waals surface area contributed by atoms with Gasteiger partial charge < -0.3 is 24.2 Å². The van der Waals surface area contributed by atoms with E-state index in [-0.39, 0.29) is 30.5 Å². The molecule has 2 saturated heterocycles. The summed E-state index contributed by atoms with van der Waals surface area (Å²) in [4.78, 5) is 29.0. The van der Waals surface area contributed by atoms with Gasteiger partial charge in [0.15, 0.2) is 6.23 Å². The Morgan fingerprint density at radius 3 is 2.71 bits per heavy atom. The van der Waals surface area contributed by atoms with E-state index in [1.165, 1.54) is 11.1 Å². The van der Waals surface area contributed by atoms with Crippen molar-refractivity contribution in [3.63, 3.8) is 0 Å². The number of carbonyl (C=O) groups excluding carboxylic acids is 1. The van der Waals surface area contributed by atoms with Crippen molar-refractivity contribution in [3.05, 3.63) is 70.5 Å². The van der Waals surface area contributed by atoms with Crippen molar-refractivity contribution < 1.29 is 18.5 Å². The van der Waals surface area contributed by atoms with Crippen LogP contribution in [0.25, 0.3) is 10.9 Å². The normalized spacial score (nSPS) is 20.2. The number of hydrogen-bond acceptors (Lipinski definition) is 10. The summed E-state index contributed by atoms with van der Waals surface area (Å²) in [6.45, 7) is 7.80. The van der Waals surface area contributed by atoms with Crippen molar-refractivity contribution in [1.82, 2.24) is 24.6 Å². The molecule has 2 aromatic heterocycles. The molecule has 12 nitrogen and oxygen atoms in total.